The lowest BCUT2D eigenvalue weighted by Crippen LogP contribution is -2.12. The topological polar surface area (TPSA) is 78.9 Å². The minimum absolute atomic E-state index is 0.328. The summed E-state index contributed by atoms with van der Waals surface area (Å²) in [5.74, 6) is 0.254. The highest BCUT2D eigenvalue weighted by Gasteiger charge is 2.25. The van der Waals surface area contributed by atoms with E-state index in [1.807, 2.05) is 13.0 Å². The van der Waals surface area contributed by atoms with Gasteiger partial charge in [0.15, 0.2) is 5.82 Å². The van der Waals surface area contributed by atoms with E-state index in [0.717, 1.165) is 24.0 Å². The molecule has 0 spiro atoms. The van der Waals surface area contributed by atoms with Gasteiger partial charge in [0.25, 0.3) is 0 Å². The Hall–Kier alpha value is -2.17. The van der Waals surface area contributed by atoms with Crippen LogP contribution in [0, 0.1) is 6.92 Å². The smallest absolute Gasteiger partial charge is 0.335 e. The van der Waals surface area contributed by atoms with Crippen molar-refractivity contribution < 1.29 is 9.90 Å². The monoisotopic (exact) mass is 257 g/mol. The number of aromatic nitrogens is 3. The predicted molar refractivity (Wildman–Crippen MR) is 70.1 cm³/mol. The Balaban J connectivity index is 2.17. The number of nitrogens with zero attached hydrogens (tertiary/aromatic N) is 2. The van der Waals surface area contributed by atoms with Crippen LogP contribution < -0.4 is 0 Å². The highest BCUT2D eigenvalue weighted by Crippen LogP contribution is 2.41. The minimum Gasteiger partial charge on any atom is -0.478 e. The van der Waals surface area contributed by atoms with Crippen LogP contribution in [-0.4, -0.2) is 26.3 Å². The number of aromatic carboxylic acids is 1. The van der Waals surface area contributed by atoms with Gasteiger partial charge in [-0.25, -0.2) is 9.78 Å². The average Bonchev–Trinajstić information content (AvgIpc) is 2.79. The maximum absolute atomic E-state index is 11.3. The lowest BCUT2D eigenvalue weighted by molar-refractivity contribution is 0.0696. The fourth-order valence-electron chi connectivity index (χ4n) is 2.56. The molecule has 1 aliphatic rings. The van der Waals surface area contributed by atoms with Crippen LogP contribution in [0.3, 0.4) is 0 Å². The maximum Gasteiger partial charge on any atom is 0.335 e. The van der Waals surface area contributed by atoms with Gasteiger partial charge in [-0.1, -0.05) is 12.5 Å². The Kier molecular flexibility index (Phi) is 2.81. The lowest BCUT2D eigenvalue weighted by Gasteiger charge is -2.28. The summed E-state index contributed by atoms with van der Waals surface area (Å²) in [4.78, 5) is 15.4. The van der Waals surface area contributed by atoms with Crippen molar-refractivity contribution in [2.75, 3.05) is 0 Å². The molecular formula is C14H15N3O2. The molecule has 1 aliphatic carbocycles. The number of H-pyrrole nitrogens is 1. The predicted octanol–water partition coefficient (Wildman–Crippen LogP) is 2.75. The third-order valence-electron chi connectivity index (χ3n) is 3.84. The van der Waals surface area contributed by atoms with Gasteiger partial charge >= 0.3 is 5.97 Å². The second kappa shape index (κ2) is 4.50. The molecule has 2 N–H and O–H groups in total. The SMILES string of the molecule is Cc1cc(C2CCC2)c(-c2ncn[nH]2)cc1C(=O)O. The number of hydrogen-bond acceptors (Lipinski definition) is 3. The van der Waals surface area contributed by atoms with Crippen molar-refractivity contribution in [3.05, 3.63) is 35.2 Å². The van der Waals surface area contributed by atoms with Crippen LogP contribution in [0.15, 0.2) is 18.5 Å². The van der Waals surface area contributed by atoms with Crippen LogP contribution >= 0.6 is 0 Å². The number of hydrogen-bond donors (Lipinski definition) is 2. The lowest BCUT2D eigenvalue weighted by atomic mass is 9.77. The normalized spacial score (nSPS) is 15.2. The van der Waals surface area contributed by atoms with Crippen molar-refractivity contribution in [2.45, 2.75) is 32.1 Å². The molecule has 0 bridgehead atoms. The molecule has 19 heavy (non-hydrogen) atoms. The third kappa shape index (κ3) is 2.01. The molecule has 0 radical (unpaired) electrons. The highest BCUT2D eigenvalue weighted by atomic mass is 16.4. The Morgan fingerprint density at radius 3 is 2.74 bits per heavy atom. The zero-order chi connectivity index (χ0) is 13.4. The molecule has 0 amide bonds. The number of carboxylic acid groups (broad SMARTS) is 1. The molecule has 0 aliphatic heterocycles. The number of carbonyl (C=O) groups is 1. The van der Waals surface area contributed by atoms with Crippen molar-refractivity contribution >= 4 is 5.97 Å². The van der Waals surface area contributed by atoms with E-state index in [1.165, 1.54) is 18.3 Å². The Bertz CT molecular complexity index is 616. The van der Waals surface area contributed by atoms with E-state index in [-0.39, 0.29) is 0 Å². The summed E-state index contributed by atoms with van der Waals surface area (Å²) in [6.45, 7) is 1.84. The number of carboxylic acids is 1. The average molecular weight is 257 g/mol. The number of aromatic amines is 1. The van der Waals surface area contributed by atoms with Gasteiger partial charge in [0.1, 0.15) is 6.33 Å². The molecule has 98 valence electrons. The van der Waals surface area contributed by atoms with E-state index in [1.54, 1.807) is 6.07 Å². The fourth-order valence-corrected chi connectivity index (χ4v) is 2.56. The van der Waals surface area contributed by atoms with Crippen LogP contribution in [0.1, 0.15) is 46.7 Å². The first-order valence-electron chi connectivity index (χ1n) is 6.40. The van der Waals surface area contributed by atoms with Gasteiger partial charge in [0, 0.05) is 5.56 Å². The summed E-state index contributed by atoms with van der Waals surface area (Å²) < 4.78 is 0. The van der Waals surface area contributed by atoms with Gasteiger partial charge in [-0.3, -0.25) is 5.10 Å². The number of rotatable bonds is 3. The van der Waals surface area contributed by atoms with Crippen LogP contribution in [0.4, 0.5) is 0 Å². The van der Waals surface area contributed by atoms with Gasteiger partial charge in [0.2, 0.25) is 0 Å². The quantitative estimate of drug-likeness (QED) is 0.886. The van der Waals surface area contributed by atoms with Crippen LogP contribution in [-0.2, 0) is 0 Å². The molecule has 0 unspecified atom stereocenters. The molecule has 0 atom stereocenters. The fraction of sp³-hybridized carbons (Fsp3) is 0.357. The van der Waals surface area contributed by atoms with E-state index in [2.05, 4.69) is 15.2 Å². The van der Waals surface area contributed by atoms with E-state index in [9.17, 15) is 9.90 Å². The van der Waals surface area contributed by atoms with E-state index in [4.69, 9.17) is 0 Å². The molecule has 0 saturated heterocycles. The van der Waals surface area contributed by atoms with Crippen LogP contribution in [0.25, 0.3) is 11.4 Å². The molecule has 1 aromatic carbocycles. The van der Waals surface area contributed by atoms with Gasteiger partial charge in [-0.2, -0.15) is 5.10 Å². The van der Waals surface area contributed by atoms with Gasteiger partial charge in [-0.05, 0) is 42.9 Å². The number of aryl methyl sites for hydroxylation is 1. The molecule has 1 saturated carbocycles. The van der Waals surface area contributed by atoms with E-state index < -0.39 is 5.97 Å². The molecule has 5 heteroatoms. The number of nitrogens with one attached hydrogen (secondary N) is 1. The summed E-state index contributed by atoms with van der Waals surface area (Å²) in [5, 5.41) is 15.9. The zero-order valence-corrected chi connectivity index (χ0v) is 10.7. The van der Waals surface area contributed by atoms with E-state index in [0.29, 0.717) is 17.3 Å². The molecule has 5 nitrogen and oxygen atoms in total. The summed E-state index contributed by atoms with van der Waals surface area (Å²) in [6.07, 6.45) is 5.00. The van der Waals surface area contributed by atoms with Crippen molar-refractivity contribution in [1.82, 2.24) is 15.2 Å². The second-order valence-electron chi connectivity index (χ2n) is 5.02. The maximum atomic E-state index is 11.3. The summed E-state index contributed by atoms with van der Waals surface area (Å²) in [6, 6.07) is 3.71. The van der Waals surface area contributed by atoms with Crippen molar-refractivity contribution in [3.63, 3.8) is 0 Å². The molecule has 3 rings (SSSR count). The van der Waals surface area contributed by atoms with Crippen molar-refractivity contribution in [3.8, 4) is 11.4 Å². The highest BCUT2D eigenvalue weighted by molar-refractivity contribution is 5.91. The minimum atomic E-state index is -0.904. The molecule has 2 aromatic rings. The standard InChI is InChI=1S/C14H15N3O2/c1-8-5-11(9-3-2-4-9)12(6-10(8)14(18)19)13-15-7-16-17-13/h5-7,9H,2-4H2,1H3,(H,18,19)(H,15,16,17). The number of benzene rings is 1. The van der Waals surface area contributed by atoms with Crippen molar-refractivity contribution in [1.29, 1.82) is 0 Å². The van der Waals surface area contributed by atoms with Crippen molar-refractivity contribution in [2.24, 2.45) is 0 Å². The van der Waals surface area contributed by atoms with Gasteiger partial charge < -0.3 is 5.11 Å². The summed E-state index contributed by atoms with van der Waals surface area (Å²) in [5.41, 5.74) is 3.18. The Morgan fingerprint density at radius 1 is 1.42 bits per heavy atom. The van der Waals surface area contributed by atoms with Gasteiger partial charge in [0.05, 0.1) is 5.56 Å². The molecule has 1 heterocycles. The molecule has 1 fully saturated rings. The largest absolute Gasteiger partial charge is 0.478 e. The Morgan fingerprint density at radius 2 is 2.21 bits per heavy atom. The first kappa shape index (κ1) is 11.9. The van der Waals surface area contributed by atoms with E-state index >= 15 is 0 Å². The molecule has 1 aromatic heterocycles. The van der Waals surface area contributed by atoms with Crippen LogP contribution in [0.2, 0.25) is 0 Å². The first-order valence-corrected chi connectivity index (χ1v) is 6.40. The summed E-state index contributed by atoms with van der Waals surface area (Å²) in [7, 11) is 0. The molecular weight excluding hydrogens is 242 g/mol. The Labute approximate surface area is 110 Å². The third-order valence-corrected chi connectivity index (χ3v) is 3.84. The summed E-state index contributed by atoms with van der Waals surface area (Å²) >= 11 is 0. The first-order chi connectivity index (χ1) is 9.16. The van der Waals surface area contributed by atoms with Crippen LogP contribution in [0.5, 0.6) is 0 Å². The second-order valence-corrected chi connectivity index (χ2v) is 5.02. The zero-order valence-electron chi connectivity index (χ0n) is 10.7. The van der Waals surface area contributed by atoms with Gasteiger partial charge in [-0.15, -0.1) is 0 Å².